The number of hydrogen-bond donors (Lipinski definition) is 2. The number of hydrogen-bond acceptors (Lipinski definition) is 4. The highest BCUT2D eigenvalue weighted by atomic mass is 16.7. The number of hydrazine groups is 1. The van der Waals surface area contributed by atoms with Crippen LogP contribution in [0.1, 0.15) is 46.5 Å². The molecular weight excluding hydrogens is 216 g/mol. The van der Waals surface area contributed by atoms with Crippen molar-refractivity contribution in [3.63, 3.8) is 0 Å². The molecule has 3 atom stereocenters. The minimum atomic E-state index is -0.217. The van der Waals surface area contributed by atoms with Crippen molar-refractivity contribution in [1.29, 1.82) is 0 Å². The molecule has 0 aliphatic heterocycles. The molecule has 0 heterocycles. The van der Waals surface area contributed by atoms with Crippen molar-refractivity contribution in [3.05, 3.63) is 0 Å². The van der Waals surface area contributed by atoms with Gasteiger partial charge in [-0.15, -0.1) is 0 Å². The van der Waals surface area contributed by atoms with Crippen LogP contribution < -0.4 is 11.3 Å². The Bertz CT molecular complexity index is 191. The topological polar surface area (TPSA) is 56.5 Å². The first-order valence-electron chi connectivity index (χ1n) is 6.92. The minimum absolute atomic E-state index is 0.109. The van der Waals surface area contributed by atoms with Gasteiger partial charge in [-0.1, -0.05) is 19.8 Å². The van der Waals surface area contributed by atoms with E-state index in [1.54, 1.807) is 0 Å². The van der Waals surface area contributed by atoms with E-state index in [1.165, 1.54) is 25.7 Å². The summed E-state index contributed by atoms with van der Waals surface area (Å²) in [6.07, 6.45) is 4.84. The SMILES string of the molecule is CCOC(OCC)C(NN)C1CCCC(C)C1. The fourth-order valence-electron chi connectivity index (χ4n) is 2.83. The molecule has 4 heteroatoms. The van der Waals surface area contributed by atoms with Crippen LogP contribution in [0.5, 0.6) is 0 Å². The summed E-state index contributed by atoms with van der Waals surface area (Å²) < 4.78 is 11.3. The smallest absolute Gasteiger partial charge is 0.174 e. The number of rotatable bonds is 7. The van der Waals surface area contributed by atoms with Gasteiger partial charge in [0.2, 0.25) is 0 Å². The lowest BCUT2D eigenvalue weighted by Gasteiger charge is -2.36. The Labute approximate surface area is 105 Å². The van der Waals surface area contributed by atoms with Gasteiger partial charge in [0, 0.05) is 13.2 Å². The molecule has 0 aromatic carbocycles. The Morgan fingerprint density at radius 3 is 2.35 bits per heavy atom. The van der Waals surface area contributed by atoms with Crippen LogP contribution in [-0.4, -0.2) is 25.5 Å². The molecule has 0 saturated heterocycles. The third-order valence-corrected chi connectivity index (χ3v) is 3.63. The number of nitrogens with one attached hydrogen (secondary N) is 1. The molecule has 3 unspecified atom stereocenters. The number of ether oxygens (including phenoxy) is 2. The van der Waals surface area contributed by atoms with E-state index in [0.29, 0.717) is 19.1 Å². The van der Waals surface area contributed by atoms with Gasteiger partial charge in [0.1, 0.15) is 0 Å². The molecule has 0 bridgehead atoms. The highest BCUT2D eigenvalue weighted by Gasteiger charge is 2.32. The van der Waals surface area contributed by atoms with Gasteiger partial charge in [-0.05, 0) is 38.5 Å². The van der Waals surface area contributed by atoms with Crippen molar-refractivity contribution in [2.45, 2.75) is 58.8 Å². The van der Waals surface area contributed by atoms with E-state index in [0.717, 1.165) is 5.92 Å². The zero-order chi connectivity index (χ0) is 12.7. The fourth-order valence-corrected chi connectivity index (χ4v) is 2.83. The molecule has 0 spiro atoms. The van der Waals surface area contributed by atoms with Crippen LogP contribution in [0.25, 0.3) is 0 Å². The molecule has 1 saturated carbocycles. The highest BCUT2D eigenvalue weighted by molar-refractivity contribution is 4.82. The quantitative estimate of drug-likeness (QED) is 0.409. The van der Waals surface area contributed by atoms with Crippen molar-refractivity contribution >= 4 is 0 Å². The van der Waals surface area contributed by atoms with E-state index in [2.05, 4.69) is 12.3 Å². The third-order valence-electron chi connectivity index (χ3n) is 3.63. The van der Waals surface area contributed by atoms with Crippen LogP contribution in [-0.2, 0) is 9.47 Å². The maximum atomic E-state index is 5.70. The second-order valence-corrected chi connectivity index (χ2v) is 5.00. The molecule has 0 radical (unpaired) electrons. The van der Waals surface area contributed by atoms with Crippen LogP contribution in [0, 0.1) is 11.8 Å². The molecule has 0 aromatic rings. The van der Waals surface area contributed by atoms with Gasteiger partial charge in [-0.2, -0.15) is 0 Å². The van der Waals surface area contributed by atoms with E-state index in [1.807, 2.05) is 13.8 Å². The van der Waals surface area contributed by atoms with Crippen molar-refractivity contribution in [3.8, 4) is 0 Å². The molecular formula is C13H28N2O2. The van der Waals surface area contributed by atoms with E-state index >= 15 is 0 Å². The molecule has 0 amide bonds. The second kappa shape index (κ2) is 8.03. The fraction of sp³-hybridized carbons (Fsp3) is 1.00. The van der Waals surface area contributed by atoms with Gasteiger partial charge in [-0.3, -0.25) is 11.3 Å². The Hall–Kier alpha value is -0.160. The summed E-state index contributed by atoms with van der Waals surface area (Å²) in [6.45, 7) is 7.61. The molecule has 4 nitrogen and oxygen atoms in total. The standard InChI is InChI=1S/C13H28N2O2/c1-4-16-13(17-5-2)12(15-14)11-8-6-7-10(3)9-11/h10-13,15H,4-9,14H2,1-3H3. The number of nitrogens with two attached hydrogens (primary N) is 1. The third kappa shape index (κ3) is 4.54. The first-order valence-corrected chi connectivity index (χ1v) is 6.92. The van der Waals surface area contributed by atoms with Gasteiger partial charge in [-0.25, -0.2) is 0 Å². The summed E-state index contributed by atoms with van der Waals surface area (Å²) in [5.74, 6) is 7.05. The van der Waals surface area contributed by atoms with Crippen molar-refractivity contribution < 1.29 is 9.47 Å². The van der Waals surface area contributed by atoms with Crippen LogP contribution >= 0.6 is 0 Å². The Kier molecular flexibility index (Phi) is 7.04. The zero-order valence-corrected chi connectivity index (χ0v) is 11.4. The summed E-state index contributed by atoms with van der Waals surface area (Å²) in [7, 11) is 0. The van der Waals surface area contributed by atoms with Gasteiger partial charge in [0.25, 0.3) is 0 Å². The van der Waals surface area contributed by atoms with Gasteiger partial charge < -0.3 is 9.47 Å². The van der Waals surface area contributed by atoms with Crippen molar-refractivity contribution in [2.24, 2.45) is 17.7 Å². The van der Waals surface area contributed by atoms with Gasteiger partial charge in [0.15, 0.2) is 6.29 Å². The average Bonchev–Trinajstić information content (AvgIpc) is 2.31. The van der Waals surface area contributed by atoms with E-state index < -0.39 is 0 Å². The van der Waals surface area contributed by atoms with E-state index in [4.69, 9.17) is 15.3 Å². The predicted octanol–water partition coefficient (Wildman–Crippen LogP) is 2.04. The maximum absolute atomic E-state index is 5.70. The average molecular weight is 244 g/mol. The molecule has 3 N–H and O–H groups in total. The lowest BCUT2D eigenvalue weighted by Crippen LogP contribution is -2.52. The molecule has 102 valence electrons. The van der Waals surface area contributed by atoms with Crippen LogP contribution in [0.15, 0.2) is 0 Å². The summed E-state index contributed by atoms with van der Waals surface area (Å²) in [5.41, 5.74) is 2.91. The van der Waals surface area contributed by atoms with Crippen LogP contribution in [0.3, 0.4) is 0 Å². The first-order chi connectivity index (χ1) is 8.22. The summed E-state index contributed by atoms with van der Waals surface area (Å²) in [5, 5.41) is 0. The maximum Gasteiger partial charge on any atom is 0.174 e. The Balaban J connectivity index is 2.58. The molecule has 1 aliphatic rings. The highest BCUT2D eigenvalue weighted by Crippen LogP contribution is 2.32. The van der Waals surface area contributed by atoms with Crippen LogP contribution in [0.4, 0.5) is 0 Å². The molecule has 0 aromatic heterocycles. The lowest BCUT2D eigenvalue weighted by atomic mass is 9.78. The summed E-state index contributed by atoms with van der Waals surface area (Å²) >= 11 is 0. The van der Waals surface area contributed by atoms with Crippen molar-refractivity contribution in [2.75, 3.05) is 13.2 Å². The van der Waals surface area contributed by atoms with E-state index in [-0.39, 0.29) is 12.3 Å². The Morgan fingerprint density at radius 2 is 1.88 bits per heavy atom. The van der Waals surface area contributed by atoms with Crippen molar-refractivity contribution in [1.82, 2.24) is 5.43 Å². The first kappa shape index (κ1) is 14.9. The normalized spacial score (nSPS) is 27.4. The van der Waals surface area contributed by atoms with E-state index in [9.17, 15) is 0 Å². The van der Waals surface area contributed by atoms with Crippen LogP contribution in [0.2, 0.25) is 0 Å². The minimum Gasteiger partial charge on any atom is -0.351 e. The molecule has 1 aliphatic carbocycles. The molecule has 1 rings (SSSR count). The Morgan fingerprint density at radius 1 is 1.24 bits per heavy atom. The monoisotopic (exact) mass is 244 g/mol. The summed E-state index contributed by atoms with van der Waals surface area (Å²) in [6, 6.07) is 0.109. The second-order valence-electron chi connectivity index (χ2n) is 5.00. The largest absolute Gasteiger partial charge is 0.351 e. The summed E-state index contributed by atoms with van der Waals surface area (Å²) in [4.78, 5) is 0. The molecule has 17 heavy (non-hydrogen) atoms. The van der Waals surface area contributed by atoms with Gasteiger partial charge in [0.05, 0.1) is 6.04 Å². The lowest BCUT2D eigenvalue weighted by molar-refractivity contribution is -0.165. The van der Waals surface area contributed by atoms with Gasteiger partial charge >= 0.3 is 0 Å². The molecule has 1 fully saturated rings. The zero-order valence-electron chi connectivity index (χ0n) is 11.4. The predicted molar refractivity (Wildman–Crippen MR) is 69.3 cm³/mol.